The molecule has 0 aromatic heterocycles. The molecule has 8 nitrogen and oxygen atoms in total. The number of rotatable bonds is 7. The number of anilines is 1. The molecule has 0 aliphatic carbocycles. The van der Waals surface area contributed by atoms with Crippen molar-refractivity contribution < 1.29 is 26.4 Å². The fourth-order valence-corrected chi connectivity index (χ4v) is 5.69. The fraction of sp³-hybridized carbons (Fsp3) is 0.278. The van der Waals surface area contributed by atoms with Crippen molar-refractivity contribution in [2.75, 3.05) is 16.7 Å². The van der Waals surface area contributed by atoms with Gasteiger partial charge in [0, 0.05) is 18.0 Å². The van der Waals surface area contributed by atoms with E-state index in [4.69, 9.17) is 16.3 Å². The lowest BCUT2D eigenvalue weighted by atomic mass is 10.2. The molecular formula is C18H19ClN2O6S2. The minimum Gasteiger partial charge on any atom is -0.492 e. The molecule has 156 valence electrons. The van der Waals surface area contributed by atoms with Crippen molar-refractivity contribution in [2.24, 2.45) is 0 Å². The predicted octanol–water partition coefficient (Wildman–Crippen LogP) is 2.28. The monoisotopic (exact) mass is 458 g/mol. The lowest BCUT2D eigenvalue weighted by Crippen LogP contribution is -2.30. The summed E-state index contributed by atoms with van der Waals surface area (Å²) in [4.78, 5) is 11.8. The van der Waals surface area contributed by atoms with Crippen LogP contribution in [0.25, 0.3) is 0 Å². The van der Waals surface area contributed by atoms with Crippen LogP contribution in [-0.2, 0) is 31.4 Å². The van der Waals surface area contributed by atoms with E-state index >= 15 is 0 Å². The molecule has 29 heavy (non-hydrogen) atoms. The van der Waals surface area contributed by atoms with Crippen molar-refractivity contribution in [3.63, 3.8) is 0 Å². The third kappa shape index (κ3) is 4.55. The summed E-state index contributed by atoms with van der Waals surface area (Å²) < 4.78 is 58.7. The highest BCUT2D eigenvalue weighted by Crippen LogP contribution is 2.33. The molecule has 0 atom stereocenters. The minimum atomic E-state index is -4.10. The maximum absolute atomic E-state index is 12.9. The van der Waals surface area contributed by atoms with Crippen LogP contribution in [0.2, 0.25) is 5.02 Å². The molecule has 1 amide bonds. The molecule has 3 rings (SSSR count). The Kier molecular flexibility index (Phi) is 6.18. The SMILES string of the molecule is CCOc1ccc(N2C(=O)CCS2(=O)=O)cc1S(=O)(=O)NCc1ccccc1Cl. The molecule has 1 fully saturated rings. The average Bonchev–Trinajstić information content (AvgIpc) is 2.94. The van der Waals surface area contributed by atoms with Gasteiger partial charge in [0.1, 0.15) is 10.6 Å². The van der Waals surface area contributed by atoms with Gasteiger partial charge in [0.25, 0.3) is 0 Å². The zero-order valence-electron chi connectivity index (χ0n) is 15.5. The molecule has 0 bridgehead atoms. The van der Waals surface area contributed by atoms with Crippen LogP contribution < -0.4 is 13.8 Å². The van der Waals surface area contributed by atoms with Crippen molar-refractivity contribution in [2.45, 2.75) is 24.8 Å². The van der Waals surface area contributed by atoms with Crippen molar-refractivity contribution in [1.29, 1.82) is 0 Å². The fourth-order valence-electron chi connectivity index (χ4n) is 2.87. The molecule has 0 radical (unpaired) electrons. The summed E-state index contributed by atoms with van der Waals surface area (Å²) >= 11 is 6.07. The third-order valence-corrected chi connectivity index (χ3v) is 7.72. The first-order chi connectivity index (χ1) is 13.7. The molecule has 2 aromatic rings. The molecule has 0 saturated carbocycles. The largest absolute Gasteiger partial charge is 0.492 e. The molecular weight excluding hydrogens is 440 g/mol. The number of ether oxygens (including phenoxy) is 1. The Morgan fingerprint density at radius 1 is 1.21 bits per heavy atom. The first-order valence-electron chi connectivity index (χ1n) is 8.71. The van der Waals surface area contributed by atoms with Gasteiger partial charge < -0.3 is 4.74 Å². The van der Waals surface area contributed by atoms with E-state index in [1.54, 1.807) is 31.2 Å². The van der Waals surface area contributed by atoms with Gasteiger partial charge in [0.05, 0.1) is 18.0 Å². The van der Waals surface area contributed by atoms with Crippen LogP contribution in [-0.4, -0.2) is 35.1 Å². The van der Waals surface area contributed by atoms with Crippen LogP contribution in [0.3, 0.4) is 0 Å². The number of carbonyl (C=O) groups excluding carboxylic acids is 1. The van der Waals surface area contributed by atoms with Crippen molar-refractivity contribution in [3.8, 4) is 5.75 Å². The van der Waals surface area contributed by atoms with Crippen LogP contribution in [0.5, 0.6) is 5.75 Å². The van der Waals surface area contributed by atoms with E-state index in [1.165, 1.54) is 12.1 Å². The Labute approximate surface area is 174 Å². The van der Waals surface area contributed by atoms with Gasteiger partial charge in [0.15, 0.2) is 0 Å². The van der Waals surface area contributed by atoms with Crippen LogP contribution in [0.4, 0.5) is 5.69 Å². The number of nitrogens with one attached hydrogen (secondary N) is 1. The summed E-state index contributed by atoms with van der Waals surface area (Å²) in [6.07, 6.45) is -0.150. The van der Waals surface area contributed by atoms with Gasteiger partial charge in [-0.15, -0.1) is 0 Å². The number of amides is 1. The number of benzene rings is 2. The quantitative estimate of drug-likeness (QED) is 0.681. The standard InChI is InChI=1S/C18H19ClN2O6S2/c1-2-27-16-8-7-14(21-18(22)9-10-28(21,23)24)11-17(16)29(25,26)20-12-13-5-3-4-6-15(13)19/h3-8,11,20H,2,9-10,12H2,1H3. The summed E-state index contributed by atoms with van der Waals surface area (Å²) in [7, 11) is -7.93. The smallest absolute Gasteiger partial charge is 0.244 e. The normalized spacial score (nSPS) is 16.2. The maximum atomic E-state index is 12.9. The van der Waals surface area contributed by atoms with Crippen molar-refractivity contribution in [1.82, 2.24) is 4.72 Å². The average molecular weight is 459 g/mol. The summed E-state index contributed by atoms with van der Waals surface area (Å²) in [5, 5.41) is 0.405. The Bertz CT molecular complexity index is 1150. The van der Waals surface area contributed by atoms with E-state index in [-0.39, 0.29) is 41.7 Å². The lowest BCUT2D eigenvalue weighted by molar-refractivity contribution is -0.116. The Balaban J connectivity index is 1.99. The number of hydrogen-bond donors (Lipinski definition) is 1. The van der Waals surface area contributed by atoms with Gasteiger partial charge >= 0.3 is 0 Å². The molecule has 2 aromatic carbocycles. The molecule has 1 aliphatic rings. The van der Waals surface area contributed by atoms with Gasteiger partial charge in [0.2, 0.25) is 26.0 Å². The number of nitrogens with zero attached hydrogens (tertiary/aromatic N) is 1. The second kappa shape index (κ2) is 8.31. The zero-order valence-corrected chi connectivity index (χ0v) is 17.8. The van der Waals surface area contributed by atoms with E-state index in [2.05, 4.69) is 4.72 Å². The van der Waals surface area contributed by atoms with E-state index in [0.717, 1.165) is 6.07 Å². The van der Waals surface area contributed by atoms with Gasteiger partial charge in [-0.05, 0) is 36.8 Å². The zero-order chi connectivity index (χ0) is 21.2. The van der Waals surface area contributed by atoms with Crippen molar-refractivity contribution in [3.05, 3.63) is 53.1 Å². The molecule has 0 spiro atoms. The van der Waals surface area contributed by atoms with Crippen LogP contribution in [0, 0.1) is 0 Å². The topological polar surface area (TPSA) is 110 Å². The second-order valence-corrected chi connectivity index (χ2v) is 10.3. The van der Waals surface area contributed by atoms with E-state index in [0.29, 0.717) is 14.9 Å². The summed E-state index contributed by atoms with van der Waals surface area (Å²) in [5.41, 5.74) is 0.526. The van der Waals surface area contributed by atoms with E-state index in [1.807, 2.05) is 0 Å². The molecule has 0 unspecified atom stereocenters. The summed E-state index contributed by atoms with van der Waals surface area (Å²) in [5.74, 6) is -0.875. The Morgan fingerprint density at radius 2 is 1.93 bits per heavy atom. The first kappa shape index (κ1) is 21.6. The highest BCUT2D eigenvalue weighted by Gasteiger charge is 2.37. The highest BCUT2D eigenvalue weighted by atomic mass is 35.5. The van der Waals surface area contributed by atoms with Crippen LogP contribution in [0.15, 0.2) is 47.4 Å². The Morgan fingerprint density at radius 3 is 2.55 bits per heavy atom. The minimum absolute atomic E-state index is 0.0472. The molecule has 1 saturated heterocycles. The van der Waals surface area contributed by atoms with Crippen LogP contribution in [0.1, 0.15) is 18.9 Å². The number of carbonyl (C=O) groups is 1. The van der Waals surface area contributed by atoms with E-state index < -0.39 is 26.0 Å². The predicted molar refractivity (Wildman–Crippen MR) is 109 cm³/mol. The second-order valence-electron chi connectivity index (χ2n) is 6.20. The molecule has 1 aliphatic heterocycles. The lowest BCUT2D eigenvalue weighted by Gasteiger charge is -2.18. The summed E-state index contributed by atoms with van der Waals surface area (Å²) in [6.45, 7) is 1.82. The van der Waals surface area contributed by atoms with Gasteiger partial charge in [-0.1, -0.05) is 29.8 Å². The third-order valence-electron chi connectivity index (χ3n) is 4.24. The number of hydrogen-bond acceptors (Lipinski definition) is 6. The number of halogens is 1. The van der Waals surface area contributed by atoms with Gasteiger partial charge in [-0.2, -0.15) is 0 Å². The number of sulfonamides is 2. The Hall–Kier alpha value is -2.14. The maximum Gasteiger partial charge on any atom is 0.244 e. The molecule has 11 heteroatoms. The van der Waals surface area contributed by atoms with Gasteiger partial charge in [-0.25, -0.2) is 25.9 Å². The first-order valence-corrected chi connectivity index (χ1v) is 12.2. The molecule has 1 N–H and O–H groups in total. The summed E-state index contributed by atoms with van der Waals surface area (Å²) in [6, 6.07) is 10.6. The highest BCUT2D eigenvalue weighted by molar-refractivity contribution is 7.94. The van der Waals surface area contributed by atoms with Crippen LogP contribution >= 0.6 is 11.6 Å². The van der Waals surface area contributed by atoms with Crippen molar-refractivity contribution >= 4 is 43.2 Å². The van der Waals surface area contributed by atoms with E-state index in [9.17, 15) is 21.6 Å². The molecule has 1 heterocycles. The van der Waals surface area contributed by atoms with Gasteiger partial charge in [-0.3, -0.25) is 4.79 Å².